The second kappa shape index (κ2) is 11.2. The summed E-state index contributed by atoms with van der Waals surface area (Å²) in [4.78, 5) is 13.0. The van der Waals surface area contributed by atoms with Crippen LogP contribution in [0.5, 0.6) is 11.5 Å². The summed E-state index contributed by atoms with van der Waals surface area (Å²) < 4.78 is 13.1. The molecule has 3 aromatic carbocycles. The van der Waals surface area contributed by atoms with Gasteiger partial charge in [-0.1, -0.05) is 53.0 Å². The van der Waals surface area contributed by atoms with Crippen LogP contribution < -0.4 is 14.8 Å². The number of halogens is 3. The molecule has 1 amide bonds. The van der Waals surface area contributed by atoms with Gasteiger partial charge in [-0.25, -0.2) is 0 Å². The highest BCUT2D eigenvalue weighted by atomic mass is 35.5. The van der Waals surface area contributed by atoms with E-state index in [4.69, 9.17) is 44.3 Å². The van der Waals surface area contributed by atoms with Crippen molar-refractivity contribution in [2.45, 2.75) is 27.0 Å². The van der Waals surface area contributed by atoms with Crippen molar-refractivity contribution in [2.75, 3.05) is 12.4 Å². The minimum absolute atomic E-state index is 0.242. The highest BCUT2D eigenvalue weighted by Crippen LogP contribution is 2.27. The lowest BCUT2D eigenvalue weighted by Gasteiger charge is -2.14. The number of rotatable bonds is 8. The highest BCUT2D eigenvalue weighted by Gasteiger charge is 2.16. The van der Waals surface area contributed by atoms with Gasteiger partial charge in [-0.05, 0) is 66.9 Å². The Hall–Kier alpha value is -3.19. The molecule has 4 rings (SSSR count). The van der Waals surface area contributed by atoms with E-state index >= 15 is 0 Å². The van der Waals surface area contributed by atoms with E-state index in [2.05, 4.69) is 10.4 Å². The van der Waals surface area contributed by atoms with Gasteiger partial charge in [0.1, 0.15) is 23.1 Å². The highest BCUT2D eigenvalue weighted by molar-refractivity contribution is 6.35. The van der Waals surface area contributed by atoms with Crippen molar-refractivity contribution in [3.05, 3.63) is 104 Å². The normalized spacial score (nSPS) is 10.8. The third-order valence-corrected chi connectivity index (χ3v) is 6.43. The number of ether oxygens (including phenoxy) is 2. The molecule has 36 heavy (non-hydrogen) atoms. The number of hydrogen-bond donors (Lipinski definition) is 1. The van der Waals surface area contributed by atoms with Gasteiger partial charge in [0.15, 0.2) is 5.82 Å². The maximum atomic E-state index is 13.0. The summed E-state index contributed by atoms with van der Waals surface area (Å²) in [5.74, 6) is 1.29. The molecule has 1 N–H and O–H groups in total. The number of nitrogens with one attached hydrogen (secondary N) is 1. The molecule has 0 saturated carbocycles. The van der Waals surface area contributed by atoms with Crippen molar-refractivity contribution >= 4 is 46.5 Å². The predicted octanol–water partition coefficient (Wildman–Crippen LogP) is 7.35. The van der Waals surface area contributed by atoms with Crippen LogP contribution in [0, 0.1) is 13.8 Å². The van der Waals surface area contributed by atoms with Crippen molar-refractivity contribution in [3.63, 3.8) is 0 Å². The average Bonchev–Trinajstić information content (AvgIpc) is 3.19. The van der Waals surface area contributed by atoms with Gasteiger partial charge in [0.2, 0.25) is 0 Å². The van der Waals surface area contributed by atoms with Crippen LogP contribution in [0.3, 0.4) is 0 Å². The summed E-state index contributed by atoms with van der Waals surface area (Å²) in [6.45, 7) is 4.60. The first kappa shape index (κ1) is 25.9. The Morgan fingerprint density at radius 2 is 1.75 bits per heavy atom. The van der Waals surface area contributed by atoms with E-state index in [-0.39, 0.29) is 18.3 Å². The number of aryl methyl sites for hydroxylation is 2. The van der Waals surface area contributed by atoms with E-state index in [0.29, 0.717) is 32.9 Å². The van der Waals surface area contributed by atoms with E-state index in [1.807, 2.05) is 38.1 Å². The summed E-state index contributed by atoms with van der Waals surface area (Å²) in [6, 6.07) is 16.4. The maximum Gasteiger partial charge on any atom is 0.256 e. The monoisotopic (exact) mass is 543 g/mol. The Kier molecular flexibility index (Phi) is 8.09. The summed E-state index contributed by atoms with van der Waals surface area (Å²) in [6.07, 6.45) is 1.62. The molecule has 6 nitrogen and oxygen atoms in total. The molecule has 0 radical (unpaired) electrons. The van der Waals surface area contributed by atoms with E-state index in [9.17, 15) is 4.79 Å². The van der Waals surface area contributed by atoms with Crippen molar-refractivity contribution in [1.82, 2.24) is 9.78 Å². The molecule has 0 unspecified atom stereocenters. The van der Waals surface area contributed by atoms with Gasteiger partial charge in [-0.15, -0.1) is 0 Å². The van der Waals surface area contributed by atoms with Crippen LogP contribution >= 0.6 is 34.8 Å². The molecule has 0 aliphatic rings. The lowest BCUT2D eigenvalue weighted by molar-refractivity contribution is 0.102. The van der Waals surface area contributed by atoms with Gasteiger partial charge in [-0.3, -0.25) is 9.48 Å². The number of benzene rings is 3. The number of carbonyl (C=O) groups is 1. The van der Waals surface area contributed by atoms with E-state index < -0.39 is 0 Å². The molecular weight excluding hydrogens is 521 g/mol. The zero-order valence-electron chi connectivity index (χ0n) is 19.9. The van der Waals surface area contributed by atoms with Gasteiger partial charge in [0, 0.05) is 27.4 Å². The van der Waals surface area contributed by atoms with Gasteiger partial charge in [0.05, 0.1) is 13.7 Å². The number of aromatic nitrogens is 2. The fourth-order valence-electron chi connectivity index (χ4n) is 3.62. The van der Waals surface area contributed by atoms with Gasteiger partial charge in [-0.2, -0.15) is 5.10 Å². The Morgan fingerprint density at radius 3 is 2.50 bits per heavy atom. The number of carbonyl (C=O) groups excluding carboxylic acids is 1. The molecule has 0 atom stereocenters. The Morgan fingerprint density at radius 1 is 0.944 bits per heavy atom. The third-order valence-electron chi connectivity index (χ3n) is 5.57. The topological polar surface area (TPSA) is 65.4 Å². The maximum absolute atomic E-state index is 13.0. The largest absolute Gasteiger partial charge is 0.496 e. The minimum atomic E-state index is -0.359. The number of hydrogen-bond acceptors (Lipinski definition) is 4. The first-order valence-corrected chi connectivity index (χ1v) is 12.2. The fourth-order valence-corrected chi connectivity index (χ4v) is 4.28. The number of amides is 1. The molecule has 0 aliphatic heterocycles. The summed E-state index contributed by atoms with van der Waals surface area (Å²) in [5.41, 5.74) is 4.10. The minimum Gasteiger partial charge on any atom is -0.496 e. The van der Waals surface area contributed by atoms with Crippen LogP contribution in [-0.4, -0.2) is 22.8 Å². The molecule has 1 aromatic heterocycles. The molecule has 9 heteroatoms. The third kappa shape index (κ3) is 6.13. The average molecular weight is 545 g/mol. The summed E-state index contributed by atoms with van der Waals surface area (Å²) in [5, 5.41) is 8.55. The fraction of sp³-hybridized carbons (Fsp3) is 0.185. The quantitative estimate of drug-likeness (QED) is 0.252. The number of anilines is 1. The summed E-state index contributed by atoms with van der Waals surface area (Å²) >= 11 is 18.6. The summed E-state index contributed by atoms with van der Waals surface area (Å²) in [7, 11) is 1.58. The molecule has 0 spiro atoms. The molecule has 0 fully saturated rings. The van der Waals surface area contributed by atoms with Crippen LogP contribution in [0.2, 0.25) is 15.1 Å². The van der Waals surface area contributed by atoms with E-state index in [1.165, 1.54) is 0 Å². The Balaban J connectivity index is 1.49. The van der Waals surface area contributed by atoms with E-state index in [0.717, 1.165) is 28.0 Å². The number of methoxy groups -OCH3 is 1. The van der Waals surface area contributed by atoms with Crippen LogP contribution in [-0.2, 0) is 13.2 Å². The molecule has 0 saturated heterocycles. The van der Waals surface area contributed by atoms with Crippen molar-refractivity contribution < 1.29 is 14.3 Å². The van der Waals surface area contributed by atoms with Crippen molar-refractivity contribution in [1.29, 1.82) is 0 Å². The van der Waals surface area contributed by atoms with Crippen LogP contribution in [0.4, 0.5) is 5.82 Å². The standard InChI is InChI=1S/C27H24Cl3N3O3/c1-16-4-5-17(2)25(10-16)36-15-20-11-18(7-9-24(20)35-3)27(34)31-26-23(30)14-33(32-26)13-19-6-8-21(28)12-22(19)29/h4-12,14H,13,15H2,1-3H3,(H,31,32,34). The molecule has 1 heterocycles. The van der Waals surface area contributed by atoms with Crippen molar-refractivity contribution in [2.24, 2.45) is 0 Å². The number of nitrogens with zero attached hydrogens (tertiary/aromatic N) is 2. The Bertz CT molecular complexity index is 1420. The van der Waals surface area contributed by atoms with Crippen LogP contribution in [0.25, 0.3) is 0 Å². The second-order valence-electron chi connectivity index (χ2n) is 8.30. The first-order chi connectivity index (χ1) is 17.2. The smallest absolute Gasteiger partial charge is 0.256 e. The zero-order chi connectivity index (χ0) is 25.8. The molecule has 0 bridgehead atoms. The SMILES string of the molecule is COc1ccc(C(=O)Nc2nn(Cc3ccc(Cl)cc3Cl)cc2Cl)cc1COc1cc(C)ccc1C. The molecule has 186 valence electrons. The molecular formula is C27H24Cl3N3O3. The Labute approximate surface area is 224 Å². The van der Waals surface area contributed by atoms with E-state index in [1.54, 1.807) is 48.3 Å². The van der Waals surface area contributed by atoms with Gasteiger partial charge >= 0.3 is 0 Å². The first-order valence-electron chi connectivity index (χ1n) is 11.1. The van der Waals surface area contributed by atoms with Crippen molar-refractivity contribution in [3.8, 4) is 11.5 Å². The lowest BCUT2D eigenvalue weighted by Crippen LogP contribution is -2.14. The molecule has 4 aromatic rings. The van der Waals surface area contributed by atoms with Gasteiger partial charge < -0.3 is 14.8 Å². The van der Waals surface area contributed by atoms with Gasteiger partial charge in [0.25, 0.3) is 5.91 Å². The lowest BCUT2D eigenvalue weighted by atomic mass is 10.1. The van der Waals surface area contributed by atoms with Crippen LogP contribution in [0.1, 0.15) is 32.6 Å². The molecule has 0 aliphatic carbocycles. The second-order valence-corrected chi connectivity index (χ2v) is 9.55. The zero-order valence-corrected chi connectivity index (χ0v) is 22.2. The van der Waals surface area contributed by atoms with Crippen LogP contribution in [0.15, 0.2) is 60.8 Å². The predicted molar refractivity (Wildman–Crippen MR) is 144 cm³/mol.